The lowest BCUT2D eigenvalue weighted by Gasteiger charge is -2.27. The average Bonchev–Trinajstić information content (AvgIpc) is 2.60. The monoisotopic (exact) mass is 330 g/mol. The molecule has 0 saturated heterocycles. The molecule has 4 rings (SSSR count). The van der Waals surface area contributed by atoms with E-state index in [-0.39, 0.29) is 5.88 Å². The normalized spacial score (nSPS) is 16.2. The van der Waals surface area contributed by atoms with Crippen molar-refractivity contribution in [2.75, 3.05) is 0 Å². The van der Waals surface area contributed by atoms with Crippen molar-refractivity contribution in [3.05, 3.63) is 87.1 Å². The van der Waals surface area contributed by atoms with Crippen molar-refractivity contribution in [1.29, 1.82) is 5.26 Å². The Balaban J connectivity index is 2.13. The Morgan fingerprint density at radius 2 is 1.92 bits per heavy atom. The van der Waals surface area contributed by atoms with Crippen LogP contribution in [0.25, 0.3) is 11.0 Å². The van der Waals surface area contributed by atoms with E-state index >= 15 is 0 Å². The highest BCUT2D eigenvalue weighted by atomic mass is 16.5. The van der Waals surface area contributed by atoms with Crippen molar-refractivity contribution < 1.29 is 9.15 Å². The summed E-state index contributed by atoms with van der Waals surface area (Å²) in [5.74, 6) is 0.105. The maximum Gasteiger partial charge on any atom is 0.336 e. The van der Waals surface area contributed by atoms with Crippen molar-refractivity contribution >= 4 is 11.0 Å². The van der Waals surface area contributed by atoms with Gasteiger partial charge >= 0.3 is 5.63 Å². The van der Waals surface area contributed by atoms with E-state index in [0.29, 0.717) is 22.5 Å². The van der Waals surface area contributed by atoms with Gasteiger partial charge in [0, 0.05) is 11.5 Å². The van der Waals surface area contributed by atoms with E-state index in [1.54, 1.807) is 6.07 Å². The number of nitrogens with two attached hydrogens (primary N) is 1. The summed E-state index contributed by atoms with van der Waals surface area (Å²) in [6.07, 6.45) is 0. The molecule has 0 radical (unpaired) electrons. The topological polar surface area (TPSA) is 89.2 Å². The molecule has 2 N–H and O–H groups in total. The third-order valence-electron chi connectivity index (χ3n) is 4.43. The fourth-order valence-corrected chi connectivity index (χ4v) is 3.31. The summed E-state index contributed by atoms with van der Waals surface area (Å²) in [5.41, 5.74) is 8.60. The lowest BCUT2D eigenvalue weighted by molar-refractivity contribution is 0.392. The molecule has 1 aliphatic heterocycles. The van der Waals surface area contributed by atoms with Crippen LogP contribution in [0.4, 0.5) is 0 Å². The zero-order chi connectivity index (χ0) is 17.6. The Bertz CT molecular complexity index is 1120. The minimum absolute atomic E-state index is 0.0678. The third-order valence-corrected chi connectivity index (χ3v) is 4.43. The number of fused-ring (bicyclic) bond motifs is 3. The van der Waals surface area contributed by atoms with Gasteiger partial charge in [0.15, 0.2) is 0 Å². The van der Waals surface area contributed by atoms with E-state index in [1.807, 2.05) is 43.3 Å². The first kappa shape index (κ1) is 15.0. The number of hydrogen-bond donors (Lipinski definition) is 1. The molecule has 5 nitrogen and oxygen atoms in total. The molecule has 122 valence electrons. The van der Waals surface area contributed by atoms with Gasteiger partial charge in [0.1, 0.15) is 23.0 Å². The first-order valence-corrected chi connectivity index (χ1v) is 7.80. The van der Waals surface area contributed by atoms with Gasteiger partial charge in [-0.15, -0.1) is 0 Å². The van der Waals surface area contributed by atoms with Gasteiger partial charge in [-0.05, 0) is 30.2 Å². The molecule has 0 bridgehead atoms. The van der Waals surface area contributed by atoms with E-state index in [1.165, 1.54) is 6.07 Å². The molecule has 0 amide bonds. The Labute approximate surface area is 143 Å². The molecular formula is C20H14N2O3. The summed E-state index contributed by atoms with van der Waals surface area (Å²) >= 11 is 0. The van der Waals surface area contributed by atoms with E-state index in [9.17, 15) is 10.1 Å². The van der Waals surface area contributed by atoms with Crippen LogP contribution in [0.2, 0.25) is 0 Å². The molecule has 0 fully saturated rings. The van der Waals surface area contributed by atoms with Crippen molar-refractivity contribution in [1.82, 2.24) is 0 Å². The Morgan fingerprint density at radius 3 is 2.64 bits per heavy atom. The van der Waals surface area contributed by atoms with E-state index in [4.69, 9.17) is 14.9 Å². The van der Waals surface area contributed by atoms with Crippen molar-refractivity contribution in [2.24, 2.45) is 5.73 Å². The summed E-state index contributed by atoms with van der Waals surface area (Å²) in [6, 6.07) is 16.7. The lowest BCUT2D eigenvalue weighted by Crippen LogP contribution is -2.21. The first-order valence-electron chi connectivity index (χ1n) is 7.80. The standard InChI is InChI=1S/C20H14N2O3/c1-11-9-16(23)25-19-13(11)7-8-15-18(19)17(12-5-3-2-4-6-12)14(10-21)20(22)24-15/h2-9,17H,22H2,1H3. The highest BCUT2D eigenvalue weighted by Crippen LogP contribution is 2.45. The number of aryl methyl sites for hydroxylation is 1. The van der Waals surface area contributed by atoms with Gasteiger partial charge in [-0.25, -0.2) is 4.79 Å². The molecule has 0 aliphatic carbocycles. The van der Waals surface area contributed by atoms with E-state index in [0.717, 1.165) is 16.5 Å². The Kier molecular flexibility index (Phi) is 3.33. The smallest absolute Gasteiger partial charge is 0.336 e. The van der Waals surface area contributed by atoms with Crippen LogP contribution in [0.5, 0.6) is 5.75 Å². The summed E-state index contributed by atoms with van der Waals surface area (Å²) in [6.45, 7) is 1.85. The predicted molar refractivity (Wildman–Crippen MR) is 93.0 cm³/mol. The number of benzene rings is 2. The summed E-state index contributed by atoms with van der Waals surface area (Å²) < 4.78 is 11.2. The van der Waals surface area contributed by atoms with Crippen LogP contribution in [-0.4, -0.2) is 0 Å². The largest absolute Gasteiger partial charge is 0.440 e. The van der Waals surface area contributed by atoms with Crippen molar-refractivity contribution in [2.45, 2.75) is 12.8 Å². The second kappa shape index (κ2) is 5.53. The molecule has 5 heteroatoms. The number of nitrogens with zero attached hydrogens (tertiary/aromatic N) is 1. The van der Waals surface area contributed by atoms with Gasteiger partial charge in [-0.3, -0.25) is 0 Å². The van der Waals surface area contributed by atoms with Crippen molar-refractivity contribution in [3.63, 3.8) is 0 Å². The van der Waals surface area contributed by atoms with Crippen LogP contribution in [-0.2, 0) is 0 Å². The second-order valence-corrected chi connectivity index (χ2v) is 5.94. The van der Waals surface area contributed by atoms with Crippen LogP contribution >= 0.6 is 0 Å². The number of allylic oxidation sites excluding steroid dienone is 1. The van der Waals surface area contributed by atoms with E-state index < -0.39 is 11.5 Å². The maximum absolute atomic E-state index is 11.9. The molecular weight excluding hydrogens is 316 g/mol. The maximum atomic E-state index is 11.9. The minimum Gasteiger partial charge on any atom is -0.440 e. The molecule has 3 aromatic rings. The van der Waals surface area contributed by atoms with Crippen LogP contribution in [0.15, 0.2) is 69.2 Å². The first-order chi connectivity index (χ1) is 12.1. The quantitative estimate of drug-likeness (QED) is 0.691. The highest BCUT2D eigenvalue weighted by Gasteiger charge is 2.33. The summed E-state index contributed by atoms with van der Waals surface area (Å²) in [7, 11) is 0. The lowest BCUT2D eigenvalue weighted by atomic mass is 9.82. The number of rotatable bonds is 1. The molecule has 0 spiro atoms. The average molecular weight is 330 g/mol. The van der Waals surface area contributed by atoms with Gasteiger partial charge in [0.2, 0.25) is 5.88 Å². The highest BCUT2D eigenvalue weighted by molar-refractivity contribution is 5.87. The second-order valence-electron chi connectivity index (χ2n) is 5.94. The number of hydrogen-bond acceptors (Lipinski definition) is 5. The molecule has 0 saturated carbocycles. The van der Waals surface area contributed by atoms with Crippen LogP contribution in [0.1, 0.15) is 22.6 Å². The summed E-state index contributed by atoms with van der Waals surface area (Å²) in [4.78, 5) is 11.9. The van der Waals surface area contributed by atoms with Gasteiger partial charge in [0.25, 0.3) is 0 Å². The summed E-state index contributed by atoms with van der Waals surface area (Å²) in [5, 5.41) is 10.4. The fraction of sp³-hybridized carbons (Fsp3) is 0.100. The van der Waals surface area contributed by atoms with Gasteiger partial charge in [0.05, 0.1) is 11.5 Å². The van der Waals surface area contributed by atoms with Crippen LogP contribution in [0, 0.1) is 18.3 Å². The van der Waals surface area contributed by atoms with Gasteiger partial charge in [-0.2, -0.15) is 5.26 Å². The van der Waals surface area contributed by atoms with Crippen molar-refractivity contribution in [3.8, 4) is 11.8 Å². The zero-order valence-electron chi connectivity index (χ0n) is 13.4. The molecule has 1 aromatic heterocycles. The molecule has 1 aliphatic rings. The Hall–Kier alpha value is -3.52. The number of nitriles is 1. The van der Waals surface area contributed by atoms with E-state index in [2.05, 4.69) is 6.07 Å². The zero-order valence-corrected chi connectivity index (χ0v) is 13.4. The molecule has 25 heavy (non-hydrogen) atoms. The molecule has 2 aromatic carbocycles. The van der Waals surface area contributed by atoms with Crippen LogP contribution < -0.4 is 16.1 Å². The Morgan fingerprint density at radius 1 is 1.16 bits per heavy atom. The molecule has 2 heterocycles. The predicted octanol–water partition coefficient (Wildman–Crippen LogP) is 3.32. The van der Waals surface area contributed by atoms with Crippen LogP contribution in [0.3, 0.4) is 0 Å². The number of ether oxygens (including phenoxy) is 1. The molecule has 1 unspecified atom stereocenters. The van der Waals surface area contributed by atoms with Gasteiger partial charge < -0.3 is 14.9 Å². The fourth-order valence-electron chi connectivity index (χ4n) is 3.31. The van der Waals surface area contributed by atoms with Gasteiger partial charge in [-0.1, -0.05) is 30.3 Å². The minimum atomic E-state index is -0.455. The third kappa shape index (κ3) is 2.27. The molecule has 1 atom stereocenters. The SMILES string of the molecule is Cc1cc(=O)oc2c3c(ccc12)OC(N)=C(C#N)C3c1ccccc1.